The highest BCUT2D eigenvalue weighted by Gasteiger charge is 2.33. The summed E-state index contributed by atoms with van der Waals surface area (Å²) in [6.45, 7) is 4.45. The van der Waals surface area contributed by atoms with Crippen LogP contribution < -0.4 is 0 Å². The van der Waals surface area contributed by atoms with Crippen LogP contribution in [-0.2, 0) is 27.8 Å². The highest BCUT2D eigenvalue weighted by molar-refractivity contribution is 7.89. The second kappa shape index (κ2) is 8.05. The lowest BCUT2D eigenvalue weighted by atomic mass is 9.92. The van der Waals surface area contributed by atoms with Gasteiger partial charge in [0.15, 0.2) is 0 Å². The minimum atomic E-state index is -3.65. The van der Waals surface area contributed by atoms with Crippen LogP contribution >= 0.6 is 0 Å². The van der Waals surface area contributed by atoms with E-state index in [1.165, 1.54) is 4.31 Å². The molecule has 0 unspecified atom stereocenters. The molecule has 0 saturated carbocycles. The predicted molar refractivity (Wildman–Crippen MR) is 115 cm³/mol. The Morgan fingerprint density at radius 1 is 0.967 bits per heavy atom. The number of ether oxygens (including phenoxy) is 1. The van der Waals surface area contributed by atoms with E-state index in [0.29, 0.717) is 5.56 Å². The third kappa shape index (κ3) is 3.64. The molecule has 6 heteroatoms. The number of carbonyl (C=O) groups is 1. The van der Waals surface area contributed by atoms with Crippen molar-refractivity contribution in [1.29, 1.82) is 0 Å². The second-order valence-corrected chi connectivity index (χ2v) is 9.24. The molecule has 30 heavy (non-hydrogen) atoms. The van der Waals surface area contributed by atoms with E-state index in [0.717, 1.165) is 27.8 Å². The number of aryl methyl sites for hydroxylation is 1. The summed E-state index contributed by atoms with van der Waals surface area (Å²) in [7, 11) is -3.65. The number of sulfonamides is 1. The molecule has 0 N–H and O–H groups in total. The van der Waals surface area contributed by atoms with Gasteiger partial charge in [-0.3, -0.25) is 0 Å². The average molecular weight is 422 g/mol. The van der Waals surface area contributed by atoms with E-state index in [4.69, 9.17) is 4.74 Å². The fourth-order valence-corrected chi connectivity index (χ4v) is 5.17. The quantitative estimate of drug-likeness (QED) is 0.567. The summed E-state index contributed by atoms with van der Waals surface area (Å²) in [6, 6.07) is 20.0. The summed E-state index contributed by atoms with van der Waals surface area (Å²) in [4.78, 5) is 12.9. The van der Waals surface area contributed by atoms with Crippen molar-refractivity contribution < 1.29 is 17.9 Å². The lowest BCUT2D eigenvalue weighted by Gasteiger charge is -2.16. The van der Waals surface area contributed by atoms with Gasteiger partial charge in [-0.15, -0.1) is 0 Å². The molecular formula is C24H23NO4S. The van der Waals surface area contributed by atoms with E-state index in [1.54, 1.807) is 37.3 Å². The molecule has 0 amide bonds. The van der Waals surface area contributed by atoms with Gasteiger partial charge >= 0.3 is 5.97 Å². The third-order valence-corrected chi connectivity index (χ3v) is 7.11. The largest absolute Gasteiger partial charge is 0.462 e. The topological polar surface area (TPSA) is 63.7 Å². The Kier molecular flexibility index (Phi) is 5.45. The molecule has 1 aliphatic heterocycles. The second-order valence-electron chi connectivity index (χ2n) is 7.30. The summed E-state index contributed by atoms with van der Waals surface area (Å²) in [5.41, 5.74) is 4.82. The number of hydrogen-bond donors (Lipinski definition) is 0. The lowest BCUT2D eigenvalue weighted by Crippen LogP contribution is -2.25. The van der Waals surface area contributed by atoms with Gasteiger partial charge in [0, 0.05) is 18.7 Å². The first-order valence-electron chi connectivity index (χ1n) is 9.86. The molecule has 0 radical (unpaired) electrons. The van der Waals surface area contributed by atoms with E-state index in [9.17, 15) is 13.2 Å². The van der Waals surface area contributed by atoms with Gasteiger partial charge in [0.25, 0.3) is 0 Å². The van der Waals surface area contributed by atoms with Gasteiger partial charge < -0.3 is 4.74 Å². The van der Waals surface area contributed by atoms with Crippen LogP contribution in [0.4, 0.5) is 0 Å². The summed E-state index contributed by atoms with van der Waals surface area (Å²) in [5.74, 6) is -0.404. The van der Waals surface area contributed by atoms with Crippen molar-refractivity contribution in [2.24, 2.45) is 0 Å². The maximum Gasteiger partial charge on any atom is 0.338 e. The number of carbonyl (C=O) groups excluding carboxylic acids is 1. The van der Waals surface area contributed by atoms with E-state index in [-0.39, 0.29) is 24.6 Å². The van der Waals surface area contributed by atoms with Crippen LogP contribution in [0.1, 0.15) is 34.0 Å². The molecule has 1 heterocycles. The van der Waals surface area contributed by atoms with Crippen LogP contribution in [0.5, 0.6) is 0 Å². The number of rotatable bonds is 5. The van der Waals surface area contributed by atoms with Crippen LogP contribution in [0.2, 0.25) is 0 Å². The first-order chi connectivity index (χ1) is 14.4. The maximum absolute atomic E-state index is 13.2. The Balaban J connectivity index is 1.79. The standard InChI is InChI=1S/C24H23NO4S/c1-3-29-24(26)21-14-11-19-15-25(30(27,28)20-12-9-17(2)10-13-20)16-22(19)23(21)18-7-5-4-6-8-18/h4-14H,3,15-16H2,1-2H3. The van der Waals surface area contributed by atoms with Gasteiger partial charge in [-0.05, 0) is 48.7 Å². The van der Waals surface area contributed by atoms with Crippen molar-refractivity contribution in [2.75, 3.05) is 6.61 Å². The van der Waals surface area contributed by atoms with Crippen LogP contribution in [0, 0.1) is 6.92 Å². The van der Waals surface area contributed by atoms with E-state index < -0.39 is 16.0 Å². The zero-order valence-electron chi connectivity index (χ0n) is 17.0. The monoisotopic (exact) mass is 421 g/mol. The molecule has 1 aliphatic rings. The Morgan fingerprint density at radius 3 is 2.33 bits per heavy atom. The van der Waals surface area contributed by atoms with Crippen molar-refractivity contribution in [3.63, 3.8) is 0 Å². The smallest absolute Gasteiger partial charge is 0.338 e. The zero-order chi connectivity index (χ0) is 21.3. The Morgan fingerprint density at radius 2 is 1.67 bits per heavy atom. The summed E-state index contributed by atoms with van der Waals surface area (Å²) in [6.07, 6.45) is 0. The first kappa shape index (κ1) is 20.3. The molecule has 0 bridgehead atoms. The first-order valence-corrected chi connectivity index (χ1v) is 11.3. The van der Waals surface area contributed by atoms with Crippen molar-refractivity contribution in [1.82, 2.24) is 4.31 Å². The molecular weight excluding hydrogens is 398 g/mol. The molecule has 154 valence electrons. The molecule has 0 saturated heterocycles. The van der Waals surface area contributed by atoms with Crippen molar-refractivity contribution in [2.45, 2.75) is 31.8 Å². The minimum absolute atomic E-state index is 0.211. The number of hydrogen-bond acceptors (Lipinski definition) is 4. The van der Waals surface area contributed by atoms with E-state index in [1.807, 2.05) is 43.3 Å². The molecule has 3 aromatic rings. The molecule has 0 spiro atoms. The molecule has 3 aromatic carbocycles. The summed E-state index contributed by atoms with van der Waals surface area (Å²) < 4.78 is 33.2. The van der Waals surface area contributed by atoms with Crippen LogP contribution in [-0.4, -0.2) is 25.3 Å². The average Bonchev–Trinajstić information content (AvgIpc) is 3.19. The molecule has 0 fully saturated rings. The highest BCUT2D eigenvalue weighted by atomic mass is 32.2. The van der Waals surface area contributed by atoms with Gasteiger partial charge in [0.1, 0.15) is 0 Å². The van der Waals surface area contributed by atoms with Crippen molar-refractivity contribution >= 4 is 16.0 Å². The van der Waals surface area contributed by atoms with Crippen molar-refractivity contribution in [3.05, 3.63) is 89.0 Å². The summed E-state index contributed by atoms with van der Waals surface area (Å²) >= 11 is 0. The highest BCUT2D eigenvalue weighted by Crippen LogP contribution is 2.38. The predicted octanol–water partition coefficient (Wildman–Crippen LogP) is 4.54. The third-order valence-electron chi connectivity index (χ3n) is 5.31. The minimum Gasteiger partial charge on any atom is -0.462 e. The number of esters is 1. The van der Waals surface area contributed by atoms with Crippen LogP contribution in [0.15, 0.2) is 71.6 Å². The molecule has 0 aromatic heterocycles. The van der Waals surface area contributed by atoms with E-state index >= 15 is 0 Å². The van der Waals surface area contributed by atoms with E-state index in [2.05, 4.69) is 0 Å². The maximum atomic E-state index is 13.2. The number of nitrogens with zero attached hydrogens (tertiary/aromatic N) is 1. The molecule has 5 nitrogen and oxygen atoms in total. The van der Waals surface area contributed by atoms with Crippen LogP contribution in [0.3, 0.4) is 0 Å². The molecule has 0 atom stereocenters. The molecule has 0 aliphatic carbocycles. The van der Waals surface area contributed by atoms with Gasteiger partial charge in [-0.25, -0.2) is 13.2 Å². The Bertz CT molecular complexity index is 1190. The van der Waals surface area contributed by atoms with Gasteiger partial charge in [0.2, 0.25) is 10.0 Å². The Labute approximate surface area is 177 Å². The van der Waals surface area contributed by atoms with Gasteiger partial charge in [-0.2, -0.15) is 4.31 Å². The fourth-order valence-electron chi connectivity index (χ4n) is 3.78. The number of fused-ring (bicyclic) bond motifs is 1. The summed E-state index contributed by atoms with van der Waals surface area (Å²) in [5, 5.41) is 0. The molecule has 4 rings (SSSR count). The Hall–Kier alpha value is -2.96. The number of benzene rings is 3. The van der Waals surface area contributed by atoms with Crippen LogP contribution in [0.25, 0.3) is 11.1 Å². The van der Waals surface area contributed by atoms with Gasteiger partial charge in [-0.1, -0.05) is 54.1 Å². The van der Waals surface area contributed by atoms with Crippen molar-refractivity contribution in [3.8, 4) is 11.1 Å². The fraction of sp³-hybridized carbons (Fsp3) is 0.208. The van der Waals surface area contributed by atoms with Gasteiger partial charge in [0.05, 0.1) is 17.1 Å². The zero-order valence-corrected chi connectivity index (χ0v) is 17.8. The normalized spacial score (nSPS) is 13.8. The SMILES string of the molecule is CCOC(=O)c1ccc2c(c1-c1ccccc1)CN(S(=O)(=O)c1ccc(C)cc1)C2. The lowest BCUT2D eigenvalue weighted by molar-refractivity contribution is 0.0527.